The van der Waals surface area contributed by atoms with Crippen molar-refractivity contribution in [2.45, 2.75) is 258 Å². The maximum atomic E-state index is 12.6. The van der Waals surface area contributed by atoms with E-state index in [1.165, 1.54) is 180 Å². The summed E-state index contributed by atoms with van der Waals surface area (Å²) in [6.45, 7) is 9.27. The van der Waals surface area contributed by atoms with Crippen molar-refractivity contribution in [1.29, 1.82) is 0 Å². The fraction of sp³-hybridized carbons (Fsp3) is 0.902. The minimum atomic E-state index is -0.900. The van der Waals surface area contributed by atoms with Gasteiger partial charge in [0.25, 0.3) is 23.6 Å². The first-order chi connectivity index (χ1) is 38.7. The van der Waals surface area contributed by atoms with Crippen LogP contribution in [0.15, 0.2) is 0 Å². The van der Waals surface area contributed by atoms with Gasteiger partial charge in [0.05, 0.1) is 71.4 Å². The minimum absolute atomic E-state index is 0.00970. The standard InChI is InChI=1S/C61H112N4O14/c1-3-5-7-9-11-13-15-17-19-21-23-25-27-29-31-43-76-53-62-41-33-45-72-49-61(51-74-47-39-59(70)78-64-55(66)35-36-56(64)67,52-75-48-40-60(71)79-65-57(68)37-38-58(65)69)50-73-46-34-42-63-54-77-44-32-30-28-26-24-22-20-18-16-14-12-10-8-6-4-2/h62-63H,3-54H2,1-2H3. The van der Waals surface area contributed by atoms with Gasteiger partial charge in [-0.1, -0.05) is 194 Å². The van der Waals surface area contributed by atoms with Crippen molar-refractivity contribution < 1.29 is 66.9 Å². The van der Waals surface area contributed by atoms with E-state index in [-0.39, 0.29) is 78.2 Å². The van der Waals surface area contributed by atoms with Crippen molar-refractivity contribution in [3.63, 3.8) is 0 Å². The zero-order valence-corrected chi connectivity index (χ0v) is 49.9. The number of hydroxylamine groups is 4. The summed E-state index contributed by atoms with van der Waals surface area (Å²) in [6, 6.07) is 0. The second-order valence-electron chi connectivity index (χ2n) is 22.0. The lowest BCUT2D eigenvalue weighted by atomic mass is 9.92. The van der Waals surface area contributed by atoms with Crippen molar-refractivity contribution in [1.82, 2.24) is 20.8 Å². The number of carbonyl (C=O) groups is 6. The Kier molecular flexibility index (Phi) is 47.2. The molecule has 460 valence electrons. The van der Waals surface area contributed by atoms with E-state index >= 15 is 0 Å². The molecule has 2 aliphatic rings. The number of rotatable bonds is 60. The zero-order chi connectivity index (χ0) is 57.0. The molecule has 0 aliphatic carbocycles. The molecule has 18 nitrogen and oxygen atoms in total. The Labute approximate surface area is 477 Å². The molecule has 0 radical (unpaired) electrons. The van der Waals surface area contributed by atoms with E-state index < -0.39 is 41.0 Å². The normalized spacial score (nSPS) is 13.9. The molecular weight excluding hydrogens is 1010 g/mol. The van der Waals surface area contributed by atoms with Gasteiger partial charge in [-0.3, -0.25) is 29.8 Å². The molecule has 0 bridgehead atoms. The number of hydrogen-bond acceptors (Lipinski definition) is 16. The van der Waals surface area contributed by atoms with Gasteiger partial charge in [0.1, 0.15) is 0 Å². The van der Waals surface area contributed by atoms with Gasteiger partial charge in [-0.15, -0.1) is 10.1 Å². The summed E-state index contributed by atoms with van der Waals surface area (Å²) in [5, 5.41) is 7.67. The van der Waals surface area contributed by atoms with Crippen LogP contribution in [0.1, 0.15) is 258 Å². The second-order valence-corrected chi connectivity index (χ2v) is 22.0. The van der Waals surface area contributed by atoms with Crippen LogP contribution in [0.25, 0.3) is 0 Å². The number of nitrogens with zero attached hydrogens (tertiary/aromatic N) is 2. The van der Waals surface area contributed by atoms with Crippen LogP contribution in [0.3, 0.4) is 0 Å². The summed E-state index contributed by atoms with van der Waals surface area (Å²) in [4.78, 5) is 83.2. The van der Waals surface area contributed by atoms with Gasteiger partial charge in [-0.2, -0.15) is 0 Å². The molecule has 2 heterocycles. The van der Waals surface area contributed by atoms with Crippen molar-refractivity contribution in [3.8, 4) is 0 Å². The van der Waals surface area contributed by atoms with E-state index in [9.17, 15) is 28.8 Å². The summed E-state index contributed by atoms with van der Waals surface area (Å²) < 4.78 is 36.2. The topological polar surface area (TPSA) is 207 Å². The molecule has 0 atom stereocenters. The van der Waals surface area contributed by atoms with Crippen molar-refractivity contribution in [2.75, 3.05) is 92.6 Å². The highest BCUT2D eigenvalue weighted by Gasteiger charge is 2.35. The number of imide groups is 2. The van der Waals surface area contributed by atoms with Gasteiger partial charge >= 0.3 is 11.9 Å². The quantitative estimate of drug-likeness (QED) is 0.0330. The van der Waals surface area contributed by atoms with Gasteiger partial charge < -0.3 is 38.1 Å². The molecule has 79 heavy (non-hydrogen) atoms. The van der Waals surface area contributed by atoms with Crippen molar-refractivity contribution in [3.05, 3.63) is 0 Å². The number of amides is 4. The van der Waals surface area contributed by atoms with Crippen LogP contribution in [0, 0.1) is 5.41 Å². The fourth-order valence-corrected chi connectivity index (χ4v) is 9.51. The Hall–Kier alpha value is -3.10. The number of unbranched alkanes of at least 4 members (excludes halogenated alkanes) is 28. The van der Waals surface area contributed by atoms with E-state index in [2.05, 4.69) is 24.5 Å². The Balaban J connectivity index is 1.76. The molecule has 0 saturated carbocycles. The van der Waals surface area contributed by atoms with Gasteiger partial charge in [-0.25, -0.2) is 9.59 Å². The average molecular weight is 1130 g/mol. The average Bonchev–Trinajstić information content (AvgIpc) is 3.96. The molecule has 0 aromatic carbocycles. The van der Waals surface area contributed by atoms with Crippen LogP contribution in [-0.2, 0) is 66.9 Å². The van der Waals surface area contributed by atoms with E-state index in [4.69, 9.17) is 38.1 Å². The molecule has 18 heteroatoms. The van der Waals surface area contributed by atoms with Crippen LogP contribution in [-0.4, -0.2) is 138 Å². The van der Waals surface area contributed by atoms with E-state index in [0.717, 1.165) is 26.1 Å². The molecule has 2 saturated heterocycles. The predicted molar refractivity (Wildman–Crippen MR) is 306 cm³/mol. The van der Waals surface area contributed by atoms with Gasteiger partial charge in [0.2, 0.25) is 0 Å². The third-order valence-corrected chi connectivity index (χ3v) is 14.4. The predicted octanol–water partition coefficient (Wildman–Crippen LogP) is 11.7. The third-order valence-electron chi connectivity index (χ3n) is 14.4. The Morgan fingerprint density at radius 3 is 0.899 bits per heavy atom. The monoisotopic (exact) mass is 1120 g/mol. The lowest BCUT2D eigenvalue weighted by Gasteiger charge is -2.33. The van der Waals surface area contributed by atoms with E-state index in [0.29, 0.717) is 62.7 Å². The summed E-state index contributed by atoms with van der Waals surface area (Å²) in [5.41, 5.74) is -0.900. The summed E-state index contributed by atoms with van der Waals surface area (Å²) in [7, 11) is 0. The van der Waals surface area contributed by atoms with Crippen LogP contribution in [0.2, 0.25) is 0 Å². The summed E-state index contributed by atoms with van der Waals surface area (Å²) in [6.07, 6.45) is 40.7. The number of nitrogens with one attached hydrogen (secondary N) is 2. The lowest BCUT2D eigenvalue weighted by Crippen LogP contribution is -2.42. The molecule has 0 aromatic heterocycles. The Morgan fingerprint density at radius 1 is 0.354 bits per heavy atom. The highest BCUT2D eigenvalue weighted by molar-refractivity contribution is 6.02. The first kappa shape index (κ1) is 72.0. The molecule has 2 rings (SSSR count). The van der Waals surface area contributed by atoms with Gasteiger partial charge in [-0.05, 0) is 38.8 Å². The largest absolute Gasteiger partial charge is 0.381 e. The minimum Gasteiger partial charge on any atom is -0.381 e. The maximum absolute atomic E-state index is 12.6. The number of hydrogen-bond donors (Lipinski definition) is 2. The summed E-state index contributed by atoms with van der Waals surface area (Å²) in [5.74, 6) is -3.84. The van der Waals surface area contributed by atoms with Crippen molar-refractivity contribution >= 4 is 35.6 Å². The zero-order valence-electron chi connectivity index (χ0n) is 49.9. The van der Waals surface area contributed by atoms with Crippen LogP contribution < -0.4 is 10.6 Å². The number of ether oxygens (including phenoxy) is 6. The molecule has 0 spiro atoms. The smallest absolute Gasteiger partial charge is 0.335 e. The second kappa shape index (κ2) is 51.8. The summed E-state index contributed by atoms with van der Waals surface area (Å²) >= 11 is 0. The van der Waals surface area contributed by atoms with Crippen LogP contribution >= 0.6 is 0 Å². The molecule has 4 amide bonds. The lowest BCUT2D eigenvalue weighted by molar-refractivity contribution is -0.198. The molecule has 2 fully saturated rings. The molecule has 2 aliphatic heterocycles. The van der Waals surface area contributed by atoms with E-state index in [1.54, 1.807) is 0 Å². The Morgan fingerprint density at radius 2 is 0.608 bits per heavy atom. The van der Waals surface area contributed by atoms with Gasteiger partial charge in [0, 0.05) is 52.1 Å². The molecule has 2 N–H and O–H groups in total. The first-order valence-corrected chi connectivity index (χ1v) is 31.7. The van der Waals surface area contributed by atoms with Gasteiger partial charge in [0.15, 0.2) is 0 Å². The number of carbonyl (C=O) groups excluding carboxylic acids is 6. The maximum Gasteiger partial charge on any atom is 0.335 e. The Bertz CT molecular complexity index is 1400. The fourth-order valence-electron chi connectivity index (χ4n) is 9.51. The van der Waals surface area contributed by atoms with Crippen LogP contribution in [0.5, 0.6) is 0 Å². The SMILES string of the molecule is CCCCCCCCCCCCCCCCCOCNCCCOCC(COCCCNCOCCCCCCCCCCCCCCCCC)(COCCC(=O)ON1C(=O)CCC1=O)COCCC(=O)ON1C(=O)CCC1=O. The highest BCUT2D eigenvalue weighted by Crippen LogP contribution is 2.23. The van der Waals surface area contributed by atoms with Crippen molar-refractivity contribution in [2.24, 2.45) is 5.41 Å². The molecule has 0 aromatic rings. The molecule has 0 unspecified atom stereocenters. The highest BCUT2D eigenvalue weighted by atomic mass is 16.7. The van der Waals surface area contributed by atoms with Crippen LogP contribution in [0.4, 0.5) is 0 Å². The third kappa shape index (κ3) is 40.7. The first-order valence-electron chi connectivity index (χ1n) is 31.7. The van der Waals surface area contributed by atoms with E-state index in [1.807, 2.05) is 0 Å². The molecular formula is C61H112N4O14.